The predicted octanol–water partition coefficient (Wildman–Crippen LogP) is 5.01. The van der Waals surface area contributed by atoms with E-state index in [-0.39, 0.29) is 12.5 Å². The van der Waals surface area contributed by atoms with Crippen LogP contribution in [0.5, 0.6) is 5.75 Å². The normalized spacial score (nSPS) is 10.6. The number of ether oxygens (including phenoxy) is 1. The molecule has 0 saturated heterocycles. The fraction of sp³-hybridized carbons (Fsp3) is 0.0385. The molecule has 0 spiro atoms. The number of nitriles is 1. The van der Waals surface area contributed by atoms with Gasteiger partial charge < -0.3 is 9.15 Å². The van der Waals surface area contributed by atoms with Crippen molar-refractivity contribution in [3.63, 3.8) is 0 Å². The number of nitrogens with one attached hydrogen (secondary N) is 1. The highest BCUT2D eigenvalue weighted by molar-refractivity contribution is 5.81. The zero-order valence-electron chi connectivity index (χ0n) is 17.1. The summed E-state index contributed by atoms with van der Waals surface area (Å²) in [4.78, 5) is 12.0. The zero-order valence-corrected chi connectivity index (χ0v) is 17.1. The molecule has 6 heteroatoms. The summed E-state index contributed by atoms with van der Waals surface area (Å²) in [6.45, 7) is -0.156. The first-order chi connectivity index (χ1) is 15.7. The molecule has 1 N–H and O–H groups in total. The van der Waals surface area contributed by atoms with Crippen LogP contribution in [0.2, 0.25) is 0 Å². The standard InChI is InChI=1S/C26H19N3O3/c27-16-19-6-8-22(9-7-19)25-15-14-24(32-25)17-28-29-26(30)18-31-23-12-10-21(11-13-23)20-4-2-1-3-5-20/h1-15,17H,18H2,(H,29,30)/b28-17+. The second-order valence-electron chi connectivity index (χ2n) is 6.86. The van der Waals surface area contributed by atoms with E-state index in [1.54, 1.807) is 24.3 Å². The molecular weight excluding hydrogens is 402 g/mol. The summed E-state index contributed by atoms with van der Waals surface area (Å²) < 4.78 is 11.2. The lowest BCUT2D eigenvalue weighted by Gasteiger charge is -2.06. The molecule has 4 rings (SSSR count). The molecule has 0 saturated carbocycles. The summed E-state index contributed by atoms with van der Waals surface area (Å²) in [5, 5.41) is 12.8. The lowest BCUT2D eigenvalue weighted by molar-refractivity contribution is -0.123. The van der Waals surface area contributed by atoms with Crippen molar-refractivity contribution in [2.24, 2.45) is 5.10 Å². The minimum atomic E-state index is -0.382. The van der Waals surface area contributed by atoms with Gasteiger partial charge in [0.1, 0.15) is 17.3 Å². The summed E-state index contributed by atoms with van der Waals surface area (Å²) in [5.41, 5.74) is 6.03. The first-order valence-corrected chi connectivity index (χ1v) is 9.92. The minimum Gasteiger partial charge on any atom is -0.484 e. The van der Waals surface area contributed by atoms with Gasteiger partial charge in [0.2, 0.25) is 0 Å². The molecule has 156 valence electrons. The fourth-order valence-corrected chi connectivity index (χ4v) is 3.01. The summed E-state index contributed by atoms with van der Waals surface area (Å²) in [6, 6.07) is 30.3. The summed E-state index contributed by atoms with van der Waals surface area (Å²) in [7, 11) is 0. The Bertz CT molecular complexity index is 1250. The quantitative estimate of drug-likeness (QED) is 0.335. The van der Waals surface area contributed by atoms with E-state index in [1.165, 1.54) is 6.21 Å². The Morgan fingerprint density at radius 2 is 1.59 bits per heavy atom. The zero-order chi connectivity index (χ0) is 22.2. The van der Waals surface area contributed by atoms with Crippen LogP contribution >= 0.6 is 0 Å². The molecule has 0 aliphatic carbocycles. The van der Waals surface area contributed by atoms with E-state index in [4.69, 9.17) is 14.4 Å². The third-order valence-corrected chi connectivity index (χ3v) is 4.64. The van der Waals surface area contributed by atoms with Gasteiger partial charge in [-0.25, -0.2) is 5.43 Å². The van der Waals surface area contributed by atoms with Crippen LogP contribution in [0, 0.1) is 11.3 Å². The van der Waals surface area contributed by atoms with Gasteiger partial charge in [-0.05, 0) is 59.7 Å². The van der Waals surface area contributed by atoms with Crippen molar-refractivity contribution in [3.05, 3.63) is 102 Å². The molecule has 0 atom stereocenters. The van der Waals surface area contributed by atoms with Gasteiger partial charge in [-0.15, -0.1) is 0 Å². The molecule has 3 aromatic carbocycles. The molecule has 0 aliphatic rings. The molecular formula is C26H19N3O3. The van der Waals surface area contributed by atoms with Gasteiger partial charge in [0.25, 0.3) is 5.91 Å². The number of nitrogens with zero attached hydrogens (tertiary/aromatic N) is 2. The SMILES string of the molecule is N#Cc1ccc(-c2ccc(/C=N/NC(=O)COc3ccc(-c4ccccc4)cc3)o2)cc1. The number of hydrogen-bond acceptors (Lipinski definition) is 5. The lowest BCUT2D eigenvalue weighted by atomic mass is 10.1. The maximum absolute atomic E-state index is 12.0. The second-order valence-corrected chi connectivity index (χ2v) is 6.86. The van der Waals surface area contributed by atoms with Gasteiger partial charge >= 0.3 is 0 Å². The Labute approximate surface area is 185 Å². The molecule has 4 aromatic rings. The van der Waals surface area contributed by atoms with E-state index in [0.717, 1.165) is 16.7 Å². The Balaban J connectivity index is 1.26. The third kappa shape index (κ3) is 5.29. The fourth-order valence-electron chi connectivity index (χ4n) is 3.01. The van der Waals surface area contributed by atoms with Crippen molar-refractivity contribution in [3.8, 4) is 34.3 Å². The maximum atomic E-state index is 12.0. The van der Waals surface area contributed by atoms with Gasteiger partial charge in [-0.2, -0.15) is 10.4 Å². The minimum absolute atomic E-state index is 0.156. The number of carbonyl (C=O) groups is 1. The van der Waals surface area contributed by atoms with E-state index >= 15 is 0 Å². The van der Waals surface area contributed by atoms with Crippen molar-refractivity contribution in [2.45, 2.75) is 0 Å². The molecule has 0 radical (unpaired) electrons. The van der Waals surface area contributed by atoms with Gasteiger partial charge in [0, 0.05) is 5.56 Å². The average molecular weight is 421 g/mol. The van der Waals surface area contributed by atoms with Gasteiger partial charge in [-0.3, -0.25) is 4.79 Å². The average Bonchev–Trinajstić information content (AvgIpc) is 3.32. The molecule has 0 bridgehead atoms. The van der Waals surface area contributed by atoms with E-state index in [0.29, 0.717) is 22.8 Å². The Kier molecular flexibility index (Phi) is 6.39. The lowest BCUT2D eigenvalue weighted by Crippen LogP contribution is -2.24. The second kappa shape index (κ2) is 9.92. The van der Waals surface area contributed by atoms with Crippen molar-refractivity contribution >= 4 is 12.1 Å². The number of rotatable bonds is 7. The van der Waals surface area contributed by atoms with E-state index in [9.17, 15) is 4.79 Å². The molecule has 1 heterocycles. The number of hydrogen-bond donors (Lipinski definition) is 1. The molecule has 1 aromatic heterocycles. The highest BCUT2D eigenvalue weighted by Crippen LogP contribution is 2.23. The number of benzene rings is 3. The van der Waals surface area contributed by atoms with Crippen molar-refractivity contribution in [2.75, 3.05) is 6.61 Å². The van der Waals surface area contributed by atoms with E-state index < -0.39 is 0 Å². The number of amides is 1. The highest BCUT2D eigenvalue weighted by Gasteiger charge is 2.05. The van der Waals surface area contributed by atoms with Crippen molar-refractivity contribution < 1.29 is 13.9 Å². The van der Waals surface area contributed by atoms with Crippen molar-refractivity contribution in [1.29, 1.82) is 5.26 Å². The van der Waals surface area contributed by atoms with Crippen molar-refractivity contribution in [1.82, 2.24) is 5.43 Å². The summed E-state index contributed by atoms with van der Waals surface area (Å²) in [6.07, 6.45) is 1.42. The van der Waals surface area contributed by atoms with Crippen LogP contribution in [0.1, 0.15) is 11.3 Å². The van der Waals surface area contributed by atoms with E-state index in [1.807, 2.05) is 66.7 Å². The summed E-state index contributed by atoms with van der Waals surface area (Å²) in [5.74, 6) is 1.35. The topological polar surface area (TPSA) is 87.6 Å². The molecule has 0 unspecified atom stereocenters. The maximum Gasteiger partial charge on any atom is 0.277 e. The van der Waals surface area contributed by atoms with Crippen LogP contribution in [-0.4, -0.2) is 18.7 Å². The Morgan fingerprint density at radius 3 is 2.31 bits per heavy atom. The molecule has 0 aliphatic heterocycles. The number of furan rings is 1. The Morgan fingerprint density at radius 1 is 0.906 bits per heavy atom. The summed E-state index contributed by atoms with van der Waals surface area (Å²) >= 11 is 0. The van der Waals surface area contributed by atoms with Gasteiger partial charge in [-0.1, -0.05) is 42.5 Å². The van der Waals surface area contributed by atoms with Crippen LogP contribution in [0.3, 0.4) is 0 Å². The first-order valence-electron chi connectivity index (χ1n) is 9.92. The van der Waals surface area contributed by atoms with Crippen LogP contribution in [0.25, 0.3) is 22.5 Å². The van der Waals surface area contributed by atoms with Crippen LogP contribution < -0.4 is 10.2 Å². The van der Waals surface area contributed by atoms with E-state index in [2.05, 4.69) is 16.6 Å². The monoisotopic (exact) mass is 421 g/mol. The Hall–Kier alpha value is -4.63. The van der Waals surface area contributed by atoms with Crippen LogP contribution in [0.4, 0.5) is 0 Å². The number of hydrazone groups is 1. The smallest absolute Gasteiger partial charge is 0.277 e. The molecule has 1 amide bonds. The van der Waals surface area contributed by atoms with Crippen LogP contribution in [0.15, 0.2) is 101 Å². The molecule has 6 nitrogen and oxygen atoms in total. The molecule has 32 heavy (non-hydrogen) atoms. The first kappa shape index (κ1) is 20.6. The highest BCUT2D eigenvalue weighted by atomic mass is 16.5. The van der Waals surface area contributed by atoms with Crippen LogP contribution in [-0.2, 0) is 4.79 Å². The largest absolute Gasteiger partial charge is 0.484 e. The van der Waals surface area contributed by atoms with Gasteiger partial charge in [0.15, 0.2) is 6.61 Å². The molecule has 0 fully saturated rings. The number of carbonyl (C=O) groups excluding carboxylic acids is 1. The predicted molar refractivity (Wildman–Crippen MR) is 122 cm³/mol. The van der Waals surface area contributed by atoms with Gasteiger partial charge in [0.05, 0.1) is 17.8 Å². The third-order valence-electron chi connectivity index (χ3n) is 4.64.